The molecule has 0 amide bonds. The standard InChI is InChI=1S/C12H14BrN3S/c1-2-10-8-16-12(17-10)5-6-14-11-4-3-9(13)7-15-11/h3-4,7-8H,2,5-6H2,1H3,(H,14,15). The fraction of sp³-hybridized carbons (Fsp3) is 0.333. The van der Waals surface area contributed by atoms with Gasteiger partial charge in [0.25, 0.3) is 0 Å². The molecule has 3 nitrogen and oxygen atoms in total. The van der Waals surface area contributed by atoms with E-state index in [0.29, 0.717) is 0 Å². The molecule has 0 spiro atoms. The van der Waals surface area contributed by atoms with Gasteiger partial charge in [-0.1, -0.05) is 6.92 Å². The molecule has 0 aliphatic heterocycles. The average Bonchev–Trinajstić information content (AvgIpc) is 2.80. The van der Waals surface area contributed by atoms with Gasteiger partial charge in [0.1, 0.15) is 5.82 Å². The van der Waals surface area contributed by atoms with Crippen LogP contribution in [0.1, 0.15) is 16.8 Å². The number of aromatic nitrogens is 2. The molecular weight excluding hydrogens is 298 g/mol. The van der Waals surface area contributed by atoms with Crippen LogP contribution in [0.2, 0.25) is 0 Å². The minimum Gasteiger partial charge on any atom is -0.370 e. The maximum absolute atomic E-state index is 4.38. The molecule has 0 aliphatic rings. The monoisotopic (exact) mass is 311 g/mol. The van der Waals surface area contributed by atoms with Gasteiger partial charge in [0, 0.05) is 34.7 Å². The molecule has 0 fully saturated rings. The maximum Gasteiger partial charge on any atom is 0.125 e. The second kappa shape index (κ2) is 6.12. The van der Waals surface area contributed by atoms with Crippen molar-refractivity contribution in [3.05, 3.63) is 38.9 Å². The number of nitrogens with one attached hydrogen (secondary N) is 1. The Hall–Kier alpha value is -0.940. The first kappa shape index (κ1) is 12.5. The van der Waals surface area contributed by atoms with E-state index in [1.54, 1.807) is 17.5 Å². The molecule has 0 atom stereocenters. The third-order valence-corrected chi connectivity index (χ3v) is 3.99. The van der Waals surface area contributed by atoms with E-state index in [0.717, 1.165) is 29.7 Å². The van der Waals surface area contributed by atoms with Gasteiger partial charge in [-0.15, -0.1) is 11.3 Å². The first-order valence-electron chi connectivity index (χ1n) is 5.57. The Morgan fingerprint density at radius 1 is 1.29 bits per heavy atom. The van der Waals surface area contributed by atoms with Crippen molar-refractivity contribution < 1.29 is 0 Å². The van der Waals surface area contributed by atoms with Crippen LogP contribution in [0.3, 0.4) is 0 Å². The van der Waals surface area contributed by atoms with E-state index in [4.69, 9.17) is 0 Å². The summed E-state index contributed by atoms with van der Waals surface area (Å²) in [7, 11) is 0. The molecule has 0 unspecified atom stereocenters. The lowest BCUT2D eigenvalue weighted by Crippen LogP contribution is -2.05. The Morgan fingerprint density at radius 2 is 2.18 bits per heavy atom. The third-order valence-electron chi connectivity index (χ3n) is 2.32. The van der Waals surface area contributed by atoms with Crippen LogP contribution in [-0.2, 0) is 12.8 Å². The van der Waals surface area contributed by atoms with Crippen LogP contribution in [0, 0.1) is 0 Å². The molecule has 0 radical (unpaired) electrons. The number of nitrogens with zero attached hydrogens (tertiary/aromatic N) is 2. The summed E-state index contributed by atoms with van der Waals surface area (Å²) in [5, 5.41) is 4.47. The predicted octanol–water partition coefficient (Wildman–Crippen LogP) is 3.52. The van der Waals surface area contributed by atoms with E-state index in [2.05, 4.69) is 38.1 Å². The van der Waals surface area contributed by atoms with E-state index < -0.39 is 0 Å². The highest BCUT2D eigenvalue weighted by molar-refractivity contribution is 9.10. The molecule has 5 heteroatoms. The van der Waals surface area contributed by atoms with Gasteiger partial charge in [-0.2, -0.15) is 0 Å². The number of rotatable bonds is 5. The van der Waals surface area contributed by atoms with Crippen molar-refractivity contribution in [1.29, 1.82) is 0 Å². The number of aryl methyl sites for hydroxylation is 1. The zero-order valence-corrected chi connectivity index (χ0v) is 12.0. The molecule has 0 aromatic carbocycles. The lowest BCUT2D eigenvalue weighted by Gasteiger charge is -2.03. The van der Waals surface area contributed by atoms with Gasteiger partial charge in [0.15, 0.2) is 0 Å². The first-order valence-corrected chi connectivity index (χ1v) is 7.18. The largest absolute Gasteiger partial charge is 0.370 e. The van der Waals surface area contributed by atoms with Crippen LogP contribution in [0.5, 0.6) is 0 Å². The van der Waals surface area contributed by atoms with Crippen molar-refractivity contribution in [2.24, 2.45) is 0 Å². The molecule has 1 N–H and O–H groups in total. The normalized spacial score (nSPS) is 10.5. The van der Waals surface area contributed by atoms with Gasteiger partial charge in [0.05, 0.1) is 5.01 Å². The van der Waals surface area contributed by atoms with E-state index in [1.165, 1.54) is 9.88 Å². The number of halogens is 1. The molecule has 0 saturated carbocycles. The minimum absolute atomic E-state index is 0.866. The Labute approximate surface area is 113 Å². The minimum atomic E-state index is 0.866. The van der Waals surface area contributed by atoms with Crippen LogP contribution in [0.15, 0.2) is 29.0 Å². The molecular formula is C12H14BrN3S. The van der Waals surface area contributed by atoms with Gasteiger partial charge in [-0.05, 0) is 34.5 Å². The lowest BCUT2D eigenvalue weighted by atomic mass is 10.4. The number of pyridine rings is 1. The maximum atomic E-state index is 4.38. The van der Waals surface area contributed by atoms with Crippen LogP contribution < -0.4 is 5.32 Å². The summed E-state index contributed by atoms with van der Waals surface area (Å²) in [4.78, 5) is 9.99. The van der Waals surface area contributed by atoms with Crippen molar-refractivity contribution >= 4 is 33.1 Å². The summed E-state index contributed by atoms with van der Waals surface area (Å²) in [5.41, 5.74) is 0. The molecule has 17 heavy (non-hydrogen) atoms. The highest BCUT2D eigenvalue weighted by atomic mass is 79.9. The topological polar surface area (TPSA) is 37.8 Å². The summed E-state index contributed by atoms with van der Waals surface area (Å²) in [6, 6.07) is 3.94. The first-order chi connectivity index (χ1) is 8.28. The number of thiazole rings is 1. The summed E-state index contributed by atoms with van der Waals surface area (Å²) in [5.74, 6) is 0.903. The van der Waals surface area contributed by atoms with E-state index >= 15 is 0 Å². The second-order valence-corrected chi connectivity index (χ2v) is 5.73. The van der Waals surface area contributed by atoms with Crippen LogP contribution in [0.4, 0.5) is 5.82 Å². The summed E-state index contributed by atoms with van der Waals surface area (Å²) in [6.07, 6.45) is 5.78. The molecule has 0 aliphatic carbocycles. The van der Waals surface area contributed by atoms with E-state index in [1.807, 2.05) is 18.3 Å². The van der Waals surface area contributed by atoms with Gasteiger partial charge in [0.2, 0.25) is 0 Å². The van der Waals surface area contributed by atoms with E-state index in [9.17, 15) is 0 Å². The van der Waals surface area contributed by atoms with Gasteiger partial charge in [-0.3, -0.25) is 0 Å². The summed E-state index contributed by atoms with van der Waals surface area (Å²) in [6.45, 7) is 3.02. The summed E-state index contributed by atoms with van der Waals surface area (Å²) >= 11 is 5.15. The molecule has 2 aromatic heterocycles. The second-order valence-electron chi connectivity index (χ2n) is 3.61. The molecule has 0 bridgehead atoms. The van der Waals surface area contributed by atoms with Gasteiger partial charge >= 0.3 is 0 Å². The molecule has 2 heterocycles. The molecule has 2 aromatic rings. The quantitative estimate of drug-likeness (QED) is 0.918. The smallest absolute Gasteiger partial charge is 0.125 e. The highest BCUT2D eigenvalue weighted by Crippen LogP contribution is 2.14. The Balaban J connectivity index is 1.81. The van der Waals surface area contributed by atoms with Crippen LogP contribution in [-0.4, -0.2) is 16.5 Å². The summed E-state index contributed by atoms with van der Waals surface area (Å²) < 4.78 is 0.996. The SMILES string of the molecule is CCc1cnc(CCNc2ccc(Br)cn2)s1. The zero-order valence-electron chi connectivity index (χ0n) is 9.61. The fourth-order valence-electron chi connectivity index (χ4n) is 1.40. The average molecular weight is 312 g/mol. The predicted molar refractivity (Wildman–Crippen MR) is 75.6 cm³/mol. The zero-order chi connectivity index (χ0) is 12.1. The van der Waals surface area contributed by atoms with Crippen molar-refractivity contribution in [2.45, 2.75) is 19.8 Å². The van der Waals surface area contributed by atoms with Crippen LogP contribution in [0.25, 0.3) is 0 Å². The third kappa shape index (κ3) is 3.78. The highest BCUT2D eigenvalue weighted by Gasteiger charge is 2.00. The number of anilines is 1. The van der Waals surface area contributed by atoms with Crippen molar-refractivity contribution in [3.8, 4) is 0 Å². The van der Waals surface area contributed by atoms with Crippen molar-refractivity contribution in [3.63, 3.8) is 0 Å². The molecule has 2 rings (SSSR count). The Kier molecular flexibility index (Phi) is 4.50. The fourth-order valence-corrected chi connectivity index (χ4v) is 2.50. The van der Waals surface area contributed by atoms with Crippen LogP contribution >= 0.6 is 27.3 Å². The number of hydrogen-bond donors (Lipinski definition) is 1. The van der Waals surface area contributed by atoms with Crippen molar-refractivity contribution in [2.75, 3.05) is 11.9 Å². The number of hydrogen-bond acceptors (Lipinski definition) is 4. The van der Waals surface area contributed by atoms with E-state index in [-0.39, 0.29) is 0 Å². The Bertz CT molecular complexity index is 467. The molecule has 0 saturated heterocycles. The van der Waals surface area contributed by atoms with Gasteiger partial charge in [-0.25, -0.2) is 9.97 Å². The van der Waals surface area contributed by atoms with Crippen molar-refractivity contribution in [1.82, 2.24) is 9.97 Å². The Morgan fingerprint density at radius 3 is 2.82 bits per heavy atom. The lowest BCUT2D eigenvalue weighted by molar-refractivity contribution is 0.986. The van der Waals surface area contributed by atoms with Gasteiger partial charge < -0.3 is 5.32 Å². The molecule has 90 valence electrons.